The first-order chi connectivity index (χ1) is 18.4. The largest absolute Gasteiger partial charge is 0.510 e. The number of ketones is 2. The maximum absolute atomic E-state index is 13.8. The first kappa shape index (κ1) is 26.2. The molecular formula is C27H27N3O9. The minimum Gasteiger partial charge on any atom is -0.510 e. The van der Waals surface area contributed by atoms with Crippen LogP contribution in [-0.4, -0.2) is 81.9 Å². The second-order valence-corrected chi connectivity index (χ2v) is 10.1. The molecule has 5 rings (SSSR count). The lowest BCUT2D eigenvalue weighted by Gasteiger charge is -2.50. The Bertz CT molecular complexity index is 1520. The lowest BCUT2D eigenvalue weighted by molar-refractivity contribution is -0.148. The topological polar surface area (TPSA) is 196 Å². The molecule has 0 saturated carbocycles. The first-order valence-electron chi connectivity index (χ1n) is 12.1. The van der Waals surface area contributed by atoms with Crippen LogP contribution in [-0.2, 0) is 20.8 Å². The van der Waals surface area contributed by atoms with Crippen molar-refractivity contribution in [2.24, 2.45) is 22.7 Å². The molecule has 204 valence electrons. The third-order valence-corrected chi connectivity index (χ3v) is 7.78. The fourth-order valence-electron chi connectivity index (χ4n) is 6.15. The van der Waals surface area contributed by atoms with Crippen molar-refractivity contribution in [2.45, 2.75) is 24.5 Å². The molecule has 0 bridgehead atoms. The predicted molar refractivity (Wildman–Crippen MR) is 136 cm³/mol. The number of aliphatic hydroxyl groups is 3. The summed E-state index contributed by atoms with van der Waals surface area (Å²) in [5.74, 6) is -6.23. The van der Waals surface area contributed by atoms with Crippen LogP contribution in [0.25, 0.3) is 11.3 Å². The van der Waals surface area contributed by atoms with Crippen molar-refractivity contribution in [3.05, 3.63) is 63.8 Å². The van der Waals surface area contributed by atoms with Gasteiger partial charge in [0.15, 0.2) is 11.4 Å². The Morgan fingerprint density at radius 2 is 1.92 bits per heavy atom. The molecule has 1 unspecified atom stereocenters. The number of oxime groups is 1. The molecule has 1 aromatic carbocycles. The summed E-state index contributed by atoms with van der Waals surface area (Å²) in [4.78, 5) is 45.4. The normalized spacial score (nSPS) is 26.6. The van der Waals surface area contributed by atoms with Gasteiger partial charge in [-0.25, -0.2) is 0 Å². The zero-order chi connectivity index (χ0) is 28.4. The average molecular weight is 538 g/mol. The number of hydrogen-bond acceptors (Lipinski definition) is 11. The standard InChI is InChI=1S/C27H27N3O9/c1-30(2)21-15-9-11-8-14-13(17-7-4-12(39-17)10-29-38-3)5-6-16(31)19(14)22(32)18(11)24(34)27(15,37)25(35)20(23(21)33)26(28)36/h4-7,10-11,15,21,31,33-34,37H,8-9H2,1-3H3,(H2,28,36)/b29-10+/t11-,15-,21?,27-/m0/s1. The number of carbonyl (C=O) groups excluding carboxylic acids is 3. The van der Waals surface area contributed by atoms with E-state index < -0.39 is 58.0 Å². The van der Waals surface area contributed by atoms with E-state index in [1.54, 1.807) is 32.3 Å². The maximum atomic E-state index is 13.8. The highest BCUT2D eigenvalue weighted by atomic mass is 16.6. The van der Waals surface area contributed by atoms with E-state index in [-0.39, 0.29) is 29.7 Å². The van der Waals surface area contributed by atoms with Crippen LogP contribution < -0.4 is 5.73 Å². The van der Waals surface area contributed by atoms with Crippen molar-refractivity contribution in [3.8, 4) is 17.1 Å². The zero-order valence-corrected chi connectivity index (χ0v) is 21.3. The van der Waals surface area contributed by atoms with Gasteiger partial charge in [0.25, 0.3) is 5.91 Å². The van der Waals surface area contributed by atoms with E-state index >= 15 is 0 Å². The summed E-state index contributed by atoms with van der Waals surface area (Å²) >= 11 is 0. The summed E-state index contributed by atoms with van der Waals surface area (Å²) in [5.41, 5.74) is 2.47. The van der Waals surface area contributed by atoms with Gasteiger partial charge in [0.2, 0.25) is 5.78 Å². The molecule has 39 heavy (non-hydrogen) atoms. The lowest BCUT2D eigenvalue weighted by Crippen LogP contribution is -2.63. The second-order valence-electron chi connectivity index (χ2n) is 10.1. The SMILES string of the molecule is CO/N=C/c1ccc(-c2ccc(O)c3c2C[C@H]2C[C@H]4C(N(C)C)C(O)=C(C(N)=O)C(=O)[C@@]4(O)C(O)=C2C3=O)o1. The number of phenols is 1. The lowest BCUT2D eigenvalue weighted by atomic mass is 9.58. The molecule has 1 amide bonds. The first-order valence-corrected chi connectivity index (χ1v) is 12.1. The van der Waals surface area contributed by atoms with Crippen molar-refractivity contribution >= 4 is 23.7 Å². The number of hydrogen-bond donors (Lipinski definition) is 5. The highest BCUT2D eigenvalue weighted by molar-refractivity contribution is 6.24. The quantitative estimate of drug-likeness (QED) is 0.211. The van der Waals surface area contributed by atoms with Crippen molar-refractivity contribution < 1.29 is 44.1 Å². The number of primary amides is 1. The molecule has 0 aliphatic heterocycles. The van der Waals surface area contributed by atoms with Gasteiger partial charge in [-0.3, -0.25) is 19.3 Å². The molecule has 12 nitrogen and oxygen atoms in total. The molecule has 4 atom stereocenters. The molecule has 0 spiro atoms. The molecule has 3 aliphatic carbocycles. The zero-order valence-electron chi connectivity index (χ0n) is 21.3. The molecule has 2 aromatic rings. The Balaban J connectivity index is 1.68. The van der Waals surface area contributed by atoms with E-state index in [0.29, 0.717) is 22.6 Å². The number of rotatable bonds is 5. The van der Waals surface area contributed by atoms with Gasteiger partial charge in [-0.1, -0.05) is 5.16 Å². The van der Waals surface area contributed by atoms with Crippen LogP contribution in [0.4, 0.5) is 0 Å². The van der Waals surface area contributed by atoms with Crippen molar-refractivity contribution in [1.82, 2.24) is 4.90 Å². The van der Waals surface area contributed by atoms with Crippen LogP contribution in [0.1, 0.15) is 28.1 Å². The Morgan fingerprint density at radius 1 is 1.21 bits per heavy atom. The van der Waals surface area contributed by atoms with Crippen LogP contribution in [0.15, 0.2) is 56.5 Å². The highest BCUT2D eigenvalue weighted by Crippen LogP contribution is 2.53. The van der Waals surface area contributed by atoms with Crippen molar-refractivity contribution in [1.29, 1.82) is 0 Å². The number of allylic oxidation sites excluding steroid dienone is 1. The smallest absolute Gasteiger partial charge is 0.255 e. The number of benzene rings is 1. The predicted octanol–water partition coefficient (Wildman–Crippen LogP) is 1.36. The van der Waals surface area contributed by atoms with Gasteiger partial charge in [0, 0.05) is 17.1 Å². The molecule has 3 aliphatic rings. The number of phenolic OH excluding ortho intramolecular Hbond substituents is 1. The van der Waals surface area contributed by atoms with E-state index in [2.05, 4.69) is 9.99 Å². The summed E-state index contributed by atoms with van der Waals surface area (Å²) in [7, 11) is 4.54. The molecule has 6 N–H and O–H groups in total. The van der Waals surface area contributed by atoms with Crippen LogP contribution >= 0.6 is 0 Å². The molecule has 1 aromatic heterocycles. The Labute approximate surface area is 222 Å². The van der Waals surface area contributed by atoms with Gasteiger partial charge in [-0.15, -0.1) is 0 Å². The third-order valence-electron chi connectivity index (χ3n) is 7.78. The van der Waals surface area contributed by atoms with Crippen LogP contribution in [0.5, 0.6) is 5.75 Å². The highest BCUT2D eigenvalue weighted by Gasteiger charge is 2.63. The minimum atomic E-state index is -2.69. The van der Waals surface area contributed by atoms with Gasteiger partial charge in [-0.05, 0) is 62.7 Å². The Hall–Kier alpha value is -4.42. The number of aromatic hydroxyl groups is 1. The Morgan fingerprint density at radius 3 is 2.56 bits per heavy atom. The van der Waals surface area contributed by atoms with Gasteiger partial charge < -0.3 is 35.4 Å². The van der Waals surface area contributed by atoms with Crippen molar-refractivity contribution in [3.63, 3.8) is 0 Å². The average Bonchev–Trinajstić information content (AvgIpc) is 3.33. The monoisotopic (exact) mass is 537 g/mol. The summed E-state index contributed by atoms with van der Waals surface area (Å²) < 4.78 is 5.83. The van der Waals surface area contributed by atoms with Crippen molar-refractivity contribution in [2.75, 3.05) is 21.2 Å². The second kappa shape index (κ2) is 9.10. The number of furan rings is 1. The molecule has 0 radical (unpaired) electrons. The Kier molecular flexibility index (Phi) is 6.11. The van der Waals surface area contributed by atoms with Gasteiger partial charge >= 0.3 is 0 Å². The molecule has 0 saturated heterocycles. The summed E-state index contributed by atoms with van der Waals surface area (Å²) in [6.45, 7) is 0. The molecule has 1 heterocycles. The number of aliphatic hydroxyl groups excluding tert-OH is 2. The summed E-state index contributed by atoms with van der Waals surface area (Å²) in [5, 5.41) is 48.2. The van der Waals surface area contributed by atoms with Gasteiger partial charge in [0.05, 0.1) is 11.6 Å². The number of nitrogens with two attached hydrogens (primary N) is 1. The van der Waals surface area contributed by atoms with E-state index in [1.807, 2.05) is 0 Å². The van der Waals surface area contributed by atoms with Crippen LogP contribution in [0.3, 0.4) is 0 Å². The number of Topliss-reactive ketones (excluding diaryl/α,β-unsaturated/α-hetero) is 2. The third kappa shape index (κ3) is 3.67. The van der Waals surface area contributed by atoms with E-state index in [4.69, 9.17) is 10.2 Å². The summed E-state index contributed by atoms with van der Waals surface area (Å²) in [6, 6.07) is 5.18. The number of nitrogens with zero attached hydrogens (tertiary/aromatic N) is 2. The fraction of sp³-hybridized carbons (Fsp3) is 0.333. The maximum Gasteiger partial charge on any atom is 0.255 e. The van der Waals surface area contributed by atoms with Gasteiger partial charge in [0.1, 0.15) is 47.7 Å². The molecule has 0 fully saturated rings. The van der Waals surface area contributed by atoms with Gasteiger partial charge in [-0.2, -0.15) is 0 Å². The number of amides is 1. The summed E-state index contributed by atoms with van der Waals surface area (Å²) in [6.07, 6.45) is 1.50. The van der Waals surface area contributed by atoms with E-state index in [1.165, 1.54) is 24.3 Å². The minimum absolute atomic E-state index is 0.00917. The number of carbonyl (C=O) groups is 3. The molecule has 12 heteroatoms. The van der Waals surface area contributed by atoms with Crippen LogP contribution in [0, 0.1) is 11.8 Å². The molecular weight excluding hydrogens is 510 g/mol. The van der Waals surface area contributed by atoms with E-state index in [0.717, 1.165) is 0 Å². The fourth-order valence-corrected chi connectivity index (χ4v) is 6.15. The van der Waals surface area contributed by atoms with E-state index in [9.17, 15) is 34.8 Å². The van der Waals surface area contributed by atoms with Crippen LogP contribution in [0.2, 0.25) is 0 Å². The number of likely N-dealkylation sites (N-methyl/N-ethyl adjacent to an activating group) is 1. The number of fused-ring (bicyclic) bond motifs is 3.